The molecule has 1 heterocycles. The third-order valence-corrected chi connectivity index (χ3v) is 5.88. The van der Waals surface area contributed by atoms with E-state index in [0.29, 0.717) is 12.3 Å². The van der Waals surface area contributed by atoms with Gasteiger partial charge >= 0.3 is 0 Å². The summed E-state index contributed by atoms with van der Waals surface area (Å²) < 4.78 is 6.00. The van der Waals surface area contributed by atoms with Crippen molar-refractivity contribution in [2.24, 2.45) is 11.3 Å². The van der Waals surface area contributed by atoms with Crippen LogP contribution < -0.4 is 0 Å². The smallest absolute Gasteiger partial charge is 0.223 e. The van der Waals surface area contributed by atoms with E-state index in [9.17, 15) is 4.79 Å². The molecule has 0 N–H and O–H groups in total. The third-order valence-electron chi connectivity index (χ3n) is 5.51. The van der Waals surface area contributed by atoms with E-state index in [1.807, 2.05) is 36.9 Å². The molecule has 1 aliphatic heterocycles. The predicted molar refractivity (Wildman–Crippen MR) is 104 cm³/mol. The zero-order valence-electron chi connectivity index (χ0n) is 16.1. The van der Waals surface area contributed by atoms with Crippen molar-refractivity contribution in [1.29, 1.82) is 0 Å². The number of nitrogens with zero attached hydrogens (tertiary/aromatic N) is 1. The van der Waals surface area contributed by atoms with Crippen LogP contribution in [0.15, 0.2) is 24.3 Å². The Hall–Kier alpha value is -1.06. The molecule has 0 aromatic heterocycles. The fourth-order valence-corrected chi connectivity index (χ4v) is 4.08. The molecule has 2 atom stereocenters. The number of carbonyl (C=O) groups is 1. The molecule has 0 spiro atoms. The van der Waals surface area contributed by atoms with Gasteiger partial charge < -0.3 is 9.64 Å². The van der Waals surface area contributed by atoms with E-state index in [-0.39, 0.29) is 17.4 Å². The molecule has 140 valence electrons. The van der Waals surface area contributed by atoms with E-state index in [2.05, 4.69) is 19.9 Å². The molecular formula is C21H32ClNO2. The summed E-state index contributed by atoms with van der Waals surface area (Å²) in [6, 6.07) is 8.02. The average molecular weight is 366 g/mol. The summed E-state index contributed by atoms with van der Waals surface area (Å²) in [6.45, 7) is 10.7. The Labute approximate surface area is 157 Å². The van der Waals surface area contributed by atoms with Gasteiger partial charge in [0.15, 0.2) is 0 Å². The number of benzene rings is 1. The number of rotatable bonds is 7. The average Bonchev–Trinajstić information content (AvgIpc) is 2.58. The summed E-state index contributed by atoms with van der Waals surface area (Å²) in [5, 5.41) is 0.796. The van der Waals surface area contributed by atoms with E-state index in [0.717, 1.165) is 49.5 Å². The van der Waals surface area contributed by atoms with E-state index < -0.39 is 0 Å². The Morgan fingerprint density at radius 3 is 2.60 bits per heavy atom. The fourth-order valence-electron chi connectivity index (χ4n) is 3.88. The molecule has 2 rings (SSSR count). The van der Waals surface area contributed by atoms with Crippen LogP contribution in [0.5, 0.6) is 0 Å². The van der Waals surface area contributed by atoms with Crippen molar-refractivity contribution < 1.29 is 9.53 Å². The third kappa shape index (κ3) is 5.21. The second-order valence-electron chi connectivity index (χ2n) is 7.62. The Morgan fingerprint density at radius 1 is 1.32 bits per heavy atom. The van der Waals surface area contributed by atoms with Gasteiger partial charge in [-0.2, -0.15) is 0 Å². The van der Waals surface area contributed by atoms with Gasteiger partial charge in [-0.25, -0.2) is 0 Å². The van der Waals surface area contributed by atoms with Crippen LogP contribution in [0.1, 0.15) is 52.5 Å². The fraction of sp³-hybridized carbons (Fsp3) is 0.667. The minimum atomic E-state index is -0.0716. The van der Waals surface area contributed by atoms with E-state index >= 15 is 0 Å². The van der Waals surface area contributed by atoms with Crippen molar-refractivity contribution in [1.82, 2.24) is 4.90 Å². The molecule has 4 heteroatoms. The van der Waals surface area contributed by atoms with Gasteiger partial charge in [0.2, 0.25) is 5.91 Å². The quantitative estimate of drug-likeness (QED) is 0.683. The number of ether oxygens (including phenoxy) is 1. The maximum Gasteiger partial charge on any atom is 0.223 e. The molecule has 1 aromatic carbocycles. The molecule has 25 heavy (non-hydrogen) atoms. The Morgan fingerprint density at radius 2 is 2.00 bits per heavy atom. The second-order valence-corrected chi connectivity index (χ2v) is 8.03. The number of amides is 1. The lowest BCUT2D eigenvalue weighted by Gasteiger charge is -2.43. The minimum Gasteiger partial charge on any atom is -0.378 e. The zero-order valence-corrected chi connectivity index (χ0v) is 16.8. The highest BCUT2D eigenvalue weighted by atomic mass is 35.5. The summed E-state index contributed by atoms with van der Waals surface area (Å²) in [4.78, 5) is 14.8. The molecule has 0 radical (unpaired) electrons. The van der Waals surface area contributed by atoms with Crippen molar-refractivity contribution in [3.63, 3.8) is 0 Å². The minimum absolute atomic E-state index is 0.0716. The molecule has 0 aliphatic carbocycles. The lowest BCUT2D eigenvalue weighted by molar-refractivity contribution is -0.137. The van der Waals surface area contributed by atoms with Crippen LogP contribution in [0.3, 0.4) is 0 Å². The Balaban J connectivity index is 2.27. The second kappa shape index (κ2) is 9.05. The Kier molecular flexibility index (Phi) is 7.33. The highest BCUT2D eigenvalue weighted by Crippen LogP contribution is 2.43. The van der Waals surface area contributed by atoms with Gasteiger partial charge in [0, 0.05) is 31.1 Å². The summed E-state index contributed by atoms with van der Waals surface area (Å²) in [5.74, 6) is 0.705. The molecule has 0 bridgehead atoms. The highest BCUT2D eigenvalue weighted by molar-refractivity contribution is 6.31. The van der Waals surface area contributed by atoms with Gasteiger partial charge in [-0.3, -0.25) is 4.79 Å². The van der Waals surface area contributed by atoms with Crippen LogP contribution in [0.4, 0.5) is 0 Å². The van der Waals surface area contributed by atoms with E-state index in [1.54, 1.807) is 0 Å². The number of carbonyl (C=O) groups excluding carboxylic acids is 1. The lowest BCUT2D eigenvalue weighted by Crippen LogP contribution is -2.43. The molecular weight excluding hydrogens is 334 g/mol. The maximum atomic E-state index is 12.9. The normalized spacial score (nSPS) is 23.7. The van der Waals surface area contributed by atoms with Crippen molar-refractivity contribution >= 4 is 17.5 Å². The summed E-state index contributed by atoms with van der Waals surface area (Å²) in [7, 11) is 0. The van der Waals surface area contributed by atoms with Crippen molar-refractivity contribution in [3.8, 4) is 0 Å². The van der Waals surface area contributed by atoms with Gasteiger partial charge in [0.05, 0.1) is 6.10 Å². The summed E-state index contributed by atoms with van der Waals surface area (Å²) in [5.41, 5.74) is 1.07. The van der Waals surface area contributed by atoms with Gasteiger partial charge in [-0.15, -0.1) is 0 Å². The van der Waals surface area contributed by atoms with E-state index in [1.165, 1.54) is 0 Å². The van der Waals surface area contributed by atoms with E-state index in [4.69, 9.17) is 16.3 Å². The largest absolute Gasteiger partial charge is 0.378 e. The topological polar surface area (TPSA) is 29.5 Å². The van der Waals surface area contributed by atoms with Crippen LogP contribution >= 0.6 is 11.6 Å². The van der Waals surface area contributed by atoms with Gasteiger partial charge in [0.25, 0.3) is 0 Å². The summed E-state index contributed by atoms with van der Waals surface area (Å²) in [6.07, 6.45) is 3.46. The molecule has 3 nitrogen and oxygen atoms in total. The van der Waals surface area contributed by atoms with Gasteiger partial charge in [0.1, 0.15) is 0 Å². The maximum absolute atomic E-state index is 12.9. The first kappa shape index (κ1) is 20.3. The van der Waals surface area contributed by atoms with Crippen LogP contribution in [0, 0.1) is 11.3 Å². The molecule has 1 aliphatic rings. The summed E-state index contributed by atoms with van der Waals surface area (Å²) >= 11 is 6.43. The van der Waals surface area contributed by atoms with Crippen molar-refractivity contribution in [3.05, 3.63) is 34.9 Å². The van der Waals surface area contributed by atoms with Gasteiger partial charge in [-0.1, -0.05) is 43.6 Å². The Bertz CT molecular complexity index is 571. The number of hydrogen-bond donors (Lipinski definition) is 0. The van der Waals surface area contributed by atoms with Crippen molar-refractivity contribution in [2.75, 3.05) is 19.7 Å². The monoisotopic (exact) mass is 365 g/mol. The molecule has 1 amide bonds. The number of hydrogen-bond acceptors (Lipinski definition) is 2. The van der Waals surface area contributed by atoms with Crippen LogP contribution in [0.25, 0.3) is 0 Å². The zero-order chi connectivity index (χ0) is 18.4. The highest BCUT2D eigenvalue weighted by Gasteiger charge is 2.40. The van der Waals surface area contributed by atoms with Crippen LogP contribution in [-0.2, 0) is 16.0 Å². The standard InChI is InChI=1S/C21H32ClNO2/c1-5-23(6-2)20(24)15-21(11-12-25-19(14-21)16(3)4)13-17-9-7-8-10-18(17)22/h7-10,16,19H,5-6,11-15H2,1-4H3/t19-,21+/m0/s1. The molecule has 1 aromatic rings. The first-order valence-corrected chi connectivity index (χ1v) is 9.91. The lowest BCUT2D eigenvalue weighted by atomic mass is 9.69. The number of halogens is 1. The SMILES string of the molecule is CCN(CC)C(=O)C[C@@]1(Cc2ccccc2Cl)CCO[C@H](C(C)C)C1. The van der Waals surface area contributed by atoms with Gasteiger partial charge in [-0.05, 0) is 56.1 Å². The first-order chi connectivity index (χ1) is 11.9. The molecule has 0 saturated carbocycles. The van der Waals surface area contributed by atoms with Crippen LogP contribution in [0.2, 0.25) is 5.02 Å². The first-order valence-electron chi connectivity index (χ1n) is 9.53. The molecule has 1 fully saturated rings. The predicted octanol–water partition coefficient (Wildman–Crippen LogP) is 4.96. The van der Waals surface area contributed by atoms with Crippen molar-refractivity contribution in [2.45, 2.75) is 59.5 Å². The molecule has 1 saturated heterocycles. The molecule has 0 unspecified atom stereocenters. The van der Waals surface area contributed by atoms with Crippen LogP contribution in [-0.4, -0.2) is 36.6 Å².